The van der Waals surface area contributed by atoms with E-state index >= 15 is 0 Å². The minimum absolute atomic E-state index is 0. The maximum atomic E-state index is 12.7. The third-order valence-electron chi connectivity index (χ3n) is 4.50. The summed E-state index contributed by atoms with van der Waals surface area (Å²) in [5.74, 6) is 0.0163. The van der Waals surface area contributed by atoms with Crippen LogP contribution in [-0.4, -0.2) is 36.0 Å². The smallest absolute Gasteiger partial charge is 0.255 e. The number of carbonyl (C=O) groups is 1. The Morgan fingerprint density at radius 2 is 1.95 bits per heavy atom. The summed E-state index contributed by atoms with van der Waals surface area (Å²) in [5.41, 5.74) is 0.578. The van der Waals surface area contributed by atoms with E-state index in [1.165, 1.54) is 12.8 Å². The summed E-state index contributed by atoms with van der Waals surface area (Å²) in [6.45, 7) is 0. The molecule has 2 heterocycles. The Morgan fingerprint density at radius 1 is 1.33 bits per heavy atom. The number of hydrogen-bond donors (Lipinski definition) is 1. The van der Waals surface area contributed by atoms with Crippen LogP contribution in [0.15, 0.2) is 22.7 Å². The summed E-state index contributed by atoms with van der Waals surface area (Å²) in [4.78, 5) is 14.5. The number of halogens is 3. The number of benzene rings is 1. The van der Waals surface area contributed by atoms with Crippen LogP contribution in [0, 0.1) is 0 Å². The Labute approximate surface area is 144 Å². The van der Waals surface area contributed by atoms with Crippen molar-refractivity contribution in [2.24, 2.45) is 0 Å². The molecule has 2 bridgehead atoms. The van der Waals surface area contributed by atoms with Crippen LogP contribution in [0.2, 0.25) is 5.02 Å². The highest BCUT2D eigenvalue weighted by Gasteiger charge is 2.36. The molecule has 0 saturated carbocycles. The third-order valence-corrected chi connectivity index (χ3v) is 5.79. The van der Waals surface area contributed by atoms with E-state index in [-0.39, 0.29) is 18.3 Å². The normalized spacial score (nSPS) is 27.1. The molecule has 0 spiro atoms. The molecule has 6 heteroatoms. The minimum atomic E-state index is 0. The Bertz CT molecular complexity index is 528. The first kappa shape index (κ1) is 17.1. The van der Waals surface area contributed by atoms with E-state index in [2.05, 4.69) is 21.2 Å². The van der Waals surface area contributed by atoms with Crippen LogP contribution in [0.3, 0.4) is 0 Å². The van der Waals surface area contributed by atoms with Gasteiger partial charge in [-0.1, -0.05) is 17.7 Å². The van der Waals surface area contributed by atoms with Gasteiger partial charge in [-0.3, -0.25) is 4.79 Å². The van der Waals surface area contributed by atoms with Crippen LogP contribution in [-0.2, 0) is 0 Å². The van der Waals surface area contributed by atoms with E-state index in [1.54, 1.807) is 6.07 Å². The van der Waals surface area contributed by atoms with Gasteiger partial charge in [-0.25, -0.2) is 0 Å². The molecule has 0 radical (unpaired) electrons. The number of piperidine rings is 1. The molecule has 2 fully saturated rings. The summed E-state index contributed by atoms with van der Waals surface area (Å²) in [7, 11) is 1.90. The van der Waals surface area contributed by atoms with Crippen LogP contribution in [0.1, 0.15) is 36.0 Å². The van der Waals surface area contributed by atoms with E-state index in [1.807, 2.05) is 24.1 Å². The van der Waals surface area contributed by atoms with Gasteiger partial charge in [0.15, 0.2) is 0 Å². The van der Waals surface area contributed by atoms with E-state index in [0.717, 1.165) is 17.3 Å². The van der Waals surface area contributed by atoms with Gasteiger partial charge in [-0.05, 0) is 53.7 Å². The molecule has 2 atom stereocenters. The second kappa shape index (κ2) is 6.86. The van der Waals surface area contributed by atoms with Crippen molar-refractivity contribution < 1.29 is 4.79 Å². The fourth-order valence-electron chi connectivity index (χ4n) is 3.37. The molecule has 1 aromatic rings. The van der Waals surface area contributed by atoms with Crippen molar-refractivity contribution in [3.05, 3.63) is 33.3 Å². The maximum absolute atomic E-state index is 12.7. The first-order chi connectivity index (χ1) is 9.56. The number of nitrogens with one attached hydrogen (secondary N) is 1. The van der Waals surface area contributed by atoms with Gasteiger partial charge < -0.3 is 10.2 Å². The quantitative estimate of drug-likeness (QED) is 0.826. The van der Waals surface area contributed by atoms with Gasteiger partial charge in [0.05, 0.1) is 10.6 Å². The van der Waals surface area contributed by atoms with Crippen molar-refractivity contribution in [1.82, 2.24) is 10.2 Å². The lowest BCUT2D eigenvalue weighted by atomic mass is 9.98. The van der Waals surface area contributed by atoms with Gasteiger partial charge in [0, 0.05) is 29.6 Å². The van der Waals surface area contributed by atoms with Crippen LogP contribution < -0.4 is 5.32 Å². The highest BCUT2D eigenvalue weighted by atomic mass is 79.9. The fraction of sp³-hybridized carbons (Fsp3) is 0.533. The molecular weight excluding hydrogens is 375 g/mol. The zero-order valence-electron chi connectivity index (χ0n) is 11.8. The summed E-state index contributed by atoms with van der Waals surface area (Å²) in [6, 6.07) is 6.96. The highest BCUT2D eigenvalue weighted by molar-refractivity contribution is 9.10. The van der Waals surface area contributed by atoms with Crippen molar-refractivity contribution in [2.45, 2.75) is 43.8 Å². The highest BCUT2D eigenvalue weighted by Crippen LogP contribution is 2.31. The Kier molecular flexibility index (Phi) is 5.58. The fourth-order valence-corrected chi connectivity index (χ4v) is 3.94. The molecule has 2 unspecified atom stereocenters. The SMILES string of the molecule is CN(C(=O)c1cccc(Br)c1Cl)C1CC2CCC(C1)N2.Cl. The molecule has 2 saturated heterocycles. The molecule has 1 amide bonds. The monoisotopic (exact) mass is 392 g/mol. The van der Waals surface area contributed by atoms with Crippen LogP contribution >= 0.6 is 39.9 Å². The third kappa shape index (κ3) is 3.39. The molecule has 2 aliphatic heterocycles. The second-order valence-corrected chi connectivity index (χ2v) is 7.01. The van der Waals surface area contributed by atoms with Crippen LogP contribution in [0.5, 0.6) is 0 Å². The van der Waals surface area contributed by atoms with Crippen molar-refractivity contribution >= 4 is 45.8 Å². The van der Waals surface area contributed by atoms with Crippen molar-refractivity contribution in [1.29, 1.82) is 0 Å². The average Bonchev–Trinajstić information content (AvgIpc) is 2.79. The molecular formula is C15H19BrCl2N2O. The summed E-state index contributed by atoms with van der Waals surface area (Å²) >= 11 is 9.61. The summed E-state index contributed by atoms with van der Waals surface area (Å²) < 4.78 is 0.767. The van der Waals surface area contributed by atoms with Gasteiger partial charge >= 0.3 is 0 Å². The van der Waals surface area contributed by atoms with Crippen molar-refractivity contribution in [2.75, 3.05) is 7.05 Å². The predicted octanol–water partition coefficient (Wildman–Crippen LogP) is 3.88. The second-order valence-electron chi connectivity index (χ2n) is 5.78. The van der Waals surface area contributed by atoms with E-state index in [0.29, 0.717) is 28.7 Å². The summed E-state index contributed by atoms with van der Waals surface area (Å²) in [5, 5.41) is 4.10. The van der Waals surface area contributed by atoms with E-state index < -0.39 is 0 Å². The zero-order valence-corrected chi connectivity index (χ0v) is 15.0. The topological polar surface area (TPSA) is 32.3 Å². The maximum Gasteiger partial charge on any atom is 0.255 e. The number of hydrogen-bond acceptors (Lipinski definition) is 2. The van der Waals surface area contributed by atoms with Crippen LogP contribution in [0.25, 0.3) is 0 Å². The van der Waals surface area contributed by atoms with E-state index in [9.17, 15) is 4.79 Å². The minimum Gasteiger partial charge on any atom is -0.339 e. The van der Waals surface area contributed by atoms with Crippen LogP contribution in [0.4, 0.5) is 0 Å². The largest absolute Gasteiger partial charge is 0.339 e. The standard InChI is InChI=1S/C15H18BrClN2O.ClH/c1-19(11-7-9-5-6-10(8-11)18-9)15(20)12-3-2-4-13(16)14(12)17;/h2-4,9-11,18H,5-8H2,1H3;1H. The number of rotatable bonds is 2. The molecule has 116 valence electrons. The van der Waals surface area contributed by atoms with Crippen molar-refractivity contribution in [3.63, 3.8) is 0 Å². The van der Waals surface area contributed by atoms with Gasteiger partial charge in [0.2, 0.25) is 0 Å². The average molecular weight is 394 g/mol. The molecule has 0 aromatic heterocycles. The Morgan fingerprint density at radius 3 is 2.57 bits per heavy atom. The zero-order chi connectivity index (χ0) is 14.3. The Balaban J connectivity index is 0.00000161. The number of nitrogens with zero attached hydrogens (tertiary/aromatic N) is 1. The van der Waals surface area contributed by atoms with Gasteiger partial charge in [0.1, 0.15) is 0 Å². The Hall–Kier alpha value is -0.290. The molecule has 21 heavy (non-hydrogen) atoms. The number of fused-ring (bicyclic) bond motifs is 2. The lowest BCUT2D eigenvalue weighted by molar-refractivity contribution is 0.0682. The predicted molar refractivity (Wildman–Crippen MR) is 91.5 cm³/mol. The molecule has 0 aliphatic carbocycles. The molecule has 3 rings (SSSR count). The molecule has 1 N–H and O–H groups in total. The number of amides is 1. The molecule has 2 aliphatic rings. The molecule has 1 aromatic carbocycles. The lowest BCUT2D eigenvalue weighted by Gasteiger charge is -2.35. The van der Waals surface area contributed by atoms with Gasteiger partial charge in [0.25, 0.3) is 5.91 Å². The first-order valence-corrected chi connectivity index (χ1v) is 8.20. The lowest BCUT2D eigenvalue weighted by Crippen LogP contribution is -2.48. The number of carbonyl (C=O) groups excluding carboxylic acids is 1. The van der Waals surface area contributed by atoms with E-state index in [4.69, 9.17) is 11.6 Å². The first-order valence-electron chi connectivity index (χ1n) is 7.03. The molecule has 3 nitrogen and oxygen atoms in total. The van der Waals surface area contributed by atoms with Gasteiger partial charge in [-0.15, -0.1) is 12.4 Å². The van der Waals surface area contributed by atoms with Gasteiger partial charge in [-0.2, -0.15) is 0 Å². The summed E-state index contributed by atoms with van der Waals surface area (Å²) in [6.07, 6.45) is 4.57. The van der Waals surface area contributed by atoms with Crippen molar-refractivity contribution in [3.8, 4) is 0 Å².